The average Bonchev–Trinajstić information content (AvgIpc) is 2.01. The van der Waals surface area contributed by atoms with Crippen LogP contribution >= 0.6 is 0 Å². The number of carbonyl (C=O) groups excluding carboxylic acids is 1. The van der Waals surface area contributed by atoms with Crippen LogP contribution in [0.1, 0.15) is 13.8 Å². The smallest absolute Gasteiger partial charge is 0.232 e. The molecule has 0 radical (unpaired) electrons. The van der Waals surface area contributed by atoms with Gasteiger partial charge in [0.05, 0.1) is 0 Å². The second kappa shape index (κ2) is 6.76. The first kappa shape index (κ1) is 14.3. The van der Waals surface area contributed by atoms with Gasteiger partial charge in [-0.05, 0) is 13.8 Å². The lowest BCUT2D eigenvalue weighted by Gasteiger charge is -2.16. The summed E-state index contributed by atoms with van der Waals surface area (Å²) in [7, 11) is -3.55. The minimum absolute atomic E-state index is 0.344. The van der Waals surface area contributed by atoms with Gasteiger partial charge in [0.2, 0.25) is 5.91 Å². The van der Waals surface area contributed by atoms with E-state index in [1.165, 1.54) is 0 Å². The Morgan fingerprint density at radius 1 is 1.27 bits per heavy atom. The average molecular weight is 239 g/mol. The summed E-state index contributed by atoms with van der Waals surface area (Å²) in [5.74, 6) is -1.90. The van der Waals surface area contributed by atoms with Gasteiger partial charge in [-0.3, -0.25) is 4.79 Å². The lowest BCUT2D eigenvalue weighted by molar-refractivity contribution is -0.121. The summed E-state index contributed by atoms with van der Waals surface area (Å²) >= 11 is 0. The zero-order valence-electron chi connectivity index (χ0n) is 8.93. The molecule has 90 valence electrons. The van der Waals surface area contributed by atoms with E-state index in [2.05, 4.69) is 0 Å². The molecule has 1 amide bonds. The van der Waals surface area contributed by atoms with Crippen LogP contribution in [0.25, 0.3) is 0 Å². The number of rotatable bonds is 8. The van der Waals surface area contributed by atoms with Gasteiger partial charge in [-0.2, -0.15) is 0 Å². The number of sulfone groups is 1. The first-order chi connectivity index (χ1) is 6.91. The lowest BCUT2D eigenvalue weighted by Crippen LogP contribution is -2.32. The molecular formula is C8H17NO5S. The van der Waals surface area contributed by atoms with Gasteiger partial charge in [-0.1, -0.05) is 0 Å². The molecule has 0 aromatic heterocycles. The monoisotopic (exact) mass is 239 g/mol. The minimum atomic E-state index is -3.55. The molecule has 0 aromatic rings. The van der Waals surface area contributed by atoms with E-state index in [9.17, 15) is 13.2 Å². The van der Waals surface area contributed by atoms with Crippen LogP contribution in [0.2, 0.25) is 0 Å². The van der Waals surface area contributed by atoms with Crippen LogP contribution in [0.4, 0.5) is 0 Å². The highest BCUT2D eigenvalue weighted by Gasteiger charge is 2.21. The molecule has 0 aliphatic heterocycles. The first-order valence-electron chi connectivity index (χ1n) is 4.63. The quantitative estimate of drug-likeness (QED) is 0.564. The van der Waals surface area contributed by atoms with Crippen LogP contribution in [-0.2, 0) is 24.1 Å². The van der Waals surface area contributed by atoms with Gasteiger partial charge in [0, 0.05) is 13.2 Å². The Labute approximate surface area is 89.6 Å². The lowest BCUT2D eigenvalue weighted by atomic mass is 10.7. The Bertz CT molecular complexity index is 281. The van der Waals surface area contributed by atoms with Crippen molar-refractivity contribution in [2.45, 2.75) is 20.1 Å². The second-order valence-electron chi connectivity index (χ2n) is 2.86. The Morgan fingerprint density at radius 2 is 1.73 bits per heavy atom. The van der Waals surface area contributed by atoms with Crippen molar-refractivity contribution >= 4 is 15.7 Å². The van der Waals surface area contributed by atoms with E-state index in [0.717, 1.165) is 0 Å². The summed E-state index contributed by atoms with van der Waals surface area (Å²) in [6.45, 7) is 4.15. The summed E-state index contributed by atoms with van der Waals surface area (Å²) in [5.41, 5.74) is 4.80. The number of ether oxygens (including phenoxy) is 2. The fourth-order valence-corrected chi connectivity index (χ4v) is 2.16. The molecule has 0 aliphatic carbocycles. The molecule has 0 atom stereocenters. The molecule has 2 N–H and O–H groups in total. The van der Waals surface area contributed by atoms with Gasteiger partial charge in [0.25, 0.3) is 0 Å². The Hall–Kier alpha value is -0.660. The highest BCUT2D eigenvalue weighted by atomic mass is 32.2. The third-order valence-corrected chi connectivity index (χ3v) is 2.96. The molecule has 15 heavy (non-hydrogen) atoms. The molecule has 0 aliphatic rings. The van der Waals surface area contributed by atoms with Crippen molar-refractivity contribution in [1.82, 2.24) is 0 Å². The topological polar surface area (TPSA) is 95.7 Å². The molecule has 0 saturated heterocycles. The van der Waals surface area contributed by atoms with Crippen molar-refractivity contribution < 1.29 is 22.7 Å². The maximum absolute atomic E-state index is 11.3. The normalized spacial score (nSPS) is 11.9. The summed E-state index contributed by atoms with van der Waals surface area (Å²) in [6, 6.07) is 0. The Morgan fingerprint density at radius 3 is 2.07 bits per heavy atom. The molecule has 7 heteroatoms. The molecule has 0 rings (SSSR count). The highest BCUT2D eigenvalue weighted by molar-refractivity contribution is 7.92. The van der Waals surface area contributed by atoms with Crippen LogP contribution in [-0.4, -0.2) is 45.3 Å². The van der Waals surface area contributed by atoms with Crippen molar-refractivity contribution in [3.8, 4) is 0 Å². The Balaban J connectivity index is 4.31. The van der Waals surface area contributed by atoms with Gasteiger partial charge >= 0.3 is 0 Å². The SMILES string of the molecule is CCOC(CS(=O)(=O)CC(N)=O)OCC. The van der Waals surface area contributed by atoms with E-state index >= 15 is 0 Å². The third-order valence-electron chi connectivity index (χ3n) is 1.46. The summed E-state index contributed by atoms with van der Waals surface area (Å²) in [6.07, 6.45) is -0.829. The molecule has 0 fully saturated rings. The molecule has 0 heterocycles. The Kier molecular flexibility index (Phi) is 6.46. The van der Waals surface area contributed by atoms with E-state index in [1.54, 1.807) is 13.8 Å². The van der Waals surface area contributed by atoms with Crippen LogP contribution < -0.4 is 5.73 Å². The van der Waals surface area contributed by atoms with Crippen LogP contribution in [0.5, 0.6) is 0 Å². The molecule has 0 unspecified atom stereocenters. The van der Waals surface area contributed by atoms with Gasteiger partial charge in [-0.25, -0.2) is 8.42 Å². The van der Waals surface area contributed by atoms with E-state index in [1.807, 2.05) is 0 Å². The molecule has 0 aromatic carbocycles. The molecule has 0 bridgehead atoms. The number of primary amides is 1. The fraction of sp³-hybridized carbons (Fsp3) is 0.875. The maximum Gasteiger partial charge on any atom is 0.232 e. The predicted octanol–water partition coefficient (Wildman–Crippen LogP) is -0.714. The summed E-state index contributed by atoms with van der Waals surface area (Å²) < 4.78 is 32.8. The number of carbonyl (C=O) groups is 1. The maximum atomic E-state index is 11.3. The number of nitrogens with two attached hydrogens (primary N) is 1. The van der Waals surface area contributed by atoms with Crippen molar-refractivity contribution in [2.75, 3.05) is 24.7 Å². The van der Waals surface area contributed by atoms with Gasteiger partial charge < -0.3 is 15.2 Å². The number of hydrogen-bond acceptors (Lipinski definition) is 5. The van der Waals surface area contributed by atoms with Gasteiger partial charge in [-0.15, -0.1) is 0 Å². The van der Waals surface area contributed by atoms with Crippen molar-refractivity contribution in [2.24, 2.45) is 5.73 Å². The standard InChI is InChI=1S/C8H17NO5S/c1-3-13-8(14-4-2)6-15(11,12)5-7(9)10/h8H,3-6H2,1-2H3,(H2,9,10). The first-order valence-corrected chi connectivity index (χ1v) is 6.45. The van der Waals surface area contributed by atoms with Crippen molar-refractivity contribution in [3.05, 3.63) is 0 Å². The molecular weight excluding hydrogens is 222 g/mol. The van der Waals surface area contributed by atoms with E-state index in [4.69, 9.17) is 15.2 Å². The summed E-state index contributed by atoms with van der Waals surface area (Å²) in [5, 5.41) is 0. The highest BCUT2D eigenvalue weighted by Crippen LogP contribution is 2.01. The van der Waals surface area contributed by atoms with E-state index in [-0.39, 0.29) is 5.75 Å². The van der Waals surface area contributed by atoms with Crippen molar-refractivity contribution in [1.29, 1.82) is 0 Å². The minimum Gasteiger partial charge on any atom is -0.369 e. The van der Waals surface area contributed by atoms with Crippen LogP contribution in [0.3, 0.4) is 0 Å². The number of hydrogen-bond donors (Lipinski definition) is 1. The third kappa shape index (κ3) is 7.29. The number of amides is 1. The molecule has 0 spiro atoms. The van der Waals surface area contributed by atoms with Crippen molar-refractivity contribution in [3.63, 3.8) is 0 Å². The summed E-state index contributed by atoms with van der Waals surface area (Å²) in [4.78, 5) is 10.5. The molecule has 6 nitrogen and oxygen atoms in total. The molecule has 0 saturated carbocycles. The van der Waals surface area contributed by atoms with E-state index < -0.39 is 27.8 Å². The van der Waals surface area contributed by atoms with Crippen LogP contribution in [0, 0.1) is 0 Å². The van der Waals surface area contributed by atoms with Gasteiger partial charge in [0.15, 0.2) is 16.1 Å². The van der Waals surface area contributed by atoms with E-state index in [0.29, 0.717) is 13.2 Å². The largest absolute Gasteiger partial charge is 0.369 e. The zero-order chi connectivity index (χ0) is 11.9. The zero-order valence-corrected chi connectivity index (χ0v) is 9.75. The second-order valence-corrected chi connectivity index (χ2v) is 4.97. The van der Waals surface area contributed by atoms with Crippen LogP contribution in [0.15, 0.2) is 0 Å². The van der Waals surface area contributed by atoms with Gasteiger partial charge in [0.1, 0.15) is 11.5 Å². The fourth-order valence-electron chi connectivity index (χ4n) is 0.999. The predicted molar refractivity (Wildman–Crippen MR) is 54.9 cm³/mol.